The van der Waals surface area contributed by atoms with Crippen LogP contribution in [0.3, 0.4) is 0 Å². The predicted octanol–water partition coefficient (Wildman–Crippen LogP) is 4.95. The molecule has 0 amide bonds. The van der Waals surface area contributed by atoms with Gasteiger partial charge in [0.2, 0.25) is 0 Å². The third kappa shape index (κ3) is 5.32. The minimum atomic E-state index is 0.0352. The zero-order chi connectivity index (χ0) is 19.3. The van der Waals surface area contributed by atoms with Crippen LogP contribution in [0.15, 0.2) is 36.4 Å². The molecule has 4 nitrogen and oxygen atoms in total. The SMILES string of the molecule is COc1cc(C[C@@H](C)[C@H](C)Cc2ccc(OC(C)C)c(O)c2)ccc1O. The van der Waals surface area contributed by atoms with Gasteiger partial charge in [0.1, 0.15) is 0 Å². The number of phenolic OH excluding ortho intramolecular Hbond substituents is 2. The van der Waals surface area contributed by atoms with Gasteiger partial charge in [-0.25, -0.2) is 0 Å². The van der Waals surface area contributed by atoms with E-state index >= 15 is 0 Å². The molecule has 0 unspecified atom stereocenters. The normalized spacial score (nSPS) is 13.5. The summed E-state index contributed by atoms with van der Waals surface area (Å²) in [5.74, 6) is 2.27. The number of aromatic hydroxyl groups is 2. The summed E-state index contributed by atoms with van der Waals surface area (Å²) < 4.78 is 10.8. The first-order valence-electron chi connectivity index (χ1n) is 9.14. The molecule has 2 aromatic rings. The van der Waals surface area contributed by atoms with E-state index in [9.17, 15) is 10.2 Å². The fraction of sp³-hybridized carbons (Fsp3) is 0.455. The van der Waals surface area contributed by atoms with Crippen molar-refractivity contribution < 1.29 is 19.7 Å². The molecule has 2 rings (SSSR count). The topological polar surface area (TPSA) is 58.9 Å². The van der Waals surface area contributed by atoms with E-state index in [1.807, 2.05) is 38.1 Å². The van der Waals surface area contributed by atoms with Gasteiger partial charge in [-0.1, -0.05) is 26.0 Å². The molecule has 0 fully saturated rings. The van der Waals surface area contributed by atoms with E-state index in [4.69, 9.17) is 9.47 Å². The Kier molecular flexibility index (Phi) is 6.78. The highest BCUT2D eigenvalue weighted by Gasteiger charge is 2.16. The first-order chi connectivity index (χ1) is 12.3. The van der Waals surface area contributed by atoms with Gasteiger partial charge in [-0.05, 0) is 73.9 Å². The maximum Gasteiger partial charge on any atom is 0.161 e. The molecule has 0 spiro atoms. The van der Waals surface area contributed by atoms with Crippen molar-refractivity contribution in [3.63, 3.8) is 0 Å². The summed E-state index contributed by atoms with van der Waals surface area (Å²) >= 11 is 0. The van der Waals surface area contributed by atoms with Crippen LogP contribution in [0.2, 0.25) is 0 Å². The highest BCUT2D eigenvalue weighted by molar-refractivity contribution is 5.43. The molecule has 4 heteroatoms. The number of methoxy groups -OCH3 is 1. The number of rotatable bonds is 8. The largest absolute Gasteiger partial charge is 0.504 e. The highest BCUT2D eigenvalue weighted by Crippen LogP contribution is 2.31. The van der Waals surface area contributed by atoms with Crippen LogP contribution >= 0.6 is 0 Å². The van der Waals surface area contributed by atoms with Crippen molar-refractivity contribution in [3.05, 3.63) is 47.5 Å². The summed E-state index contributed by atoms with van der Waals surface area (Å²) in [4.78, 5) is 0. The van der Waals surface area contributed by atoms with Crippen molar-refractivity contribution in [3.8, 4) is 23.0 Å². The Morgan fingerprint density at radius 1 is 0.769 bits per heavy atom. The van der Waals surface area contributed by atoms with Gasteiger partial charge >= 0.3 is 0 Å². The lowest BCUT2D eigenvalue weighted by Gasteiger charge is -2.21. The van der Waals surface area contributed by atoms with Crippen molar-refractivity contribution in [1.82, 2.24) is 0 Å². The quantitative estimate of drug-likeness (QED) is 0.701. The van der Waals surface area contributed by atoms with E-state index in [0.717, 1.165) is 24.0 Å². The maximum atomic E-state index is 10.1. The summed E-state index contributed by atoms with van der Waals surface area (Å²) in [6.07, 6.45) is 1.82. The Balaban J connectivity index is 2.00. The molecule has 0 aromatic heterocycles. The van der Waals surface area contributed by atoms with Crippen LogP contribution in [-0.2, 0) is 12.8 Å². The lowest BCUT2D eigenvalue weighted by Crippen LogP contribution is -2.14. The van der Waals surface area contributed by atoms with Crippen molar-refractivity contribution in [1.29, 1.82) is 0 Å². The average molecular weight is 358 g/mol. The summed E-state index contributed by atoms with van der Waals surface area (Å²) in [5, 5.41) is 19.9. The van der Waals surface area contributed by atoms with Crippen LogP contribution in [0.4, 0.5) is 0 Å². The molecular weight excluding hydrogens is 328 g/mol. The molecule has 26 heavy (non-hydrogen) atoms. The highest BCUT2D eigenvalue weighted by atomic mass is 16.5. The van der Waals surface area contributed by atoms with Gasteiger partial charge in [-0.15, -0.1) is 0 Å². The van der Waals surface area contributed by atoms with Gasteiger partial charge in [0, 0.05) is 0 Å². The zero-order valence-electron chi connectivity index (χ0n) is 16.3. The minimum Gasteiger partial charge on any atom is -0.504 e. The summed E-state index contributed by atoms with van der Waals surface area (Å²) in [6.45, 7) is 8.32. The van der Waals surface area contributed by atoms with Crippen LogP contribution in [0, 0.1) is 11.8 Å². The molecule has 2 atom stereocenters. The molecule has 0 radical (unpaired) electrons. The average Bonchev–Trinajstić information content (AvgIpc) is 2.58. The monoisotopic (exact) mass is 358 g/mol. The molecule has 2 aromatic carbocycles. The van der Waals surface area contributed by atoms with Crippen LogP contribution in [0.1, 0.15) is 38.8 Å². The number of ether oxygens (including phenoxy) is 2. The fourth-order valence-electron chi connectivity index (χ4n) is 3.04. The Bertz CT molecular complexity index is 724. The molecule has 0 aliphatic rings. The van der Waals surface area contributed by atoms with Crippen molar-refractivity contribution in [2.75, 3.05) is 7.11 Å². The predicted molar refractivity (Wildman–Crippen MR) is 104 cm³/mol. The number of hydrogen-bond donors (Lipinski definition) is 2. The van der Waals surface area contributed by atoms with Crippen LogP contribution in [0.5, 0.6) is 23.0 Å². The van der Waals surface area contributed by atoms with Crippen LogP contribution in [-0.4, -0.2) is 23.4 Å². The van der Waals surface area contributed by atoms with Gasteiger partial charge in [0.05, 0.1) is 13.2 Å². The molecule has 2 N–H and O–H groups in total. The van der Waals surface area contributed by atoms with Crippen LogP contribution < -0.4 is 9.47 Å². The van der Waals surface area contributed by atoms with Crippen molar-refractivity contribution in [2.24, 2.45) is 11.8 Å². The molecule has 0 saturated heterocycles. The smallest absolute Gasteiger partial charge is 0.161 e. The Morgan fingerprint density at radius 3 is 1.88 bits per heavy atom. The lowest BCUT2D eigenvalue weighted by molar-refractivity contribution is 0.231. The van der Waals surface area contributed by atoms with Gasteiger partial charge in [-0.2, -0.15) is 0 Å². The maximum absolute atomic E-state index is 10.1. The molecule has 142 valence electrons. The Hall–Kier alpha value is -2.36. The van der Waals surface area contributed by atoms with Crippen molar-refractivity contribution >= 4 is 0 Å². The van der Waals surface area contributed by atoms with E-state index in [1.54, 1.807) is 19.2 Å². The summed E-state index contributed by atoms with van der Waals surface area (Å²) in [7, 11) is 1.56. The standard InChI is InChI=1S/C22H30O4/c1-14(2)26-21-9-7-17(12-20(21)24)10-15(3)16(4)11-18-6-8-19(23)22(13-18)25-5/h6-9,12-16,23-24H,10-11H2,1-5H3/t15-,16-/m1/s1. The van der Waals surface area contributed by atoms with E-state index in [1.165, 1.54) is 0 Å². The summed E-state index contributed by atoms with van der Waals surface area (Å²) in [6, 6.07) is 11.2. The molecule has 0 aliphatic heterocycles. The van der Waals surface area contributed by atoms with Gasteiger partial charge in [-0.3, -0.25) is 0 Å². The minimum absolute atomic E-state index is 0.0352. The van der Waals surface area contributed by atoms with E-state index < -0.39 is 0 Å². The summed E-state index contributed by atoms with van der Waals surface area (Å²) in [5.41, 5.74) is 2.24. The van der Waals surface area contributed by atoms with Gasteiger partial charge < -0.3 is 19.7 Å². The lowest BCUT2D eigenvalue weighted by atomic mass is 9.85. The second-order valence-electron chi connectivity index (χ2n) is 7.34. The molecule has 0 bridgehead atoms. The third-order valence-corrected chi connectivity index (χ3v) is 4.72. The third-order valence-electron chi connectivity index (χ3n) is 4.72. The van der Waals surface area contributed by atoms with Crippen molar-refractivity contribution in [2.45, 2.75) is 46.6 Å². The van der Waals surface area contributed by atoms with E-state index in [0.29, 0.717) is 23.3 Å². The number of hydrogen-bond acceptors (Lipinski definition) is 4. The van der Waals surface area contributed by atoms with Gasteiger partial charge in [0.25, 0.3) is 0 Å². The number of benzene rings is 2. The first-order valence-corrected chi connectivity index (χ1v) is 9.14. The van der Waals surface area contributed by atoms with E-state index in [2.05, 4.69) is 13.8 Å². The van der Waals surface area contributed by atoms with Gasteiger partial charge in [0.15, 0.2) is 23.0 Å². The molecule has 0 heterocycles. The first kappa shape index (κ1) is 20.0. The van der Waals surface area contributed by atoms with E-state index in [-0.39, 0.29) is 17.6 Å². The molecular formula is C22H30O4. The Labute approximate surface area is 156 Å². The zero-order valence-corrected chi connectivity index (χ0v) is 16.3. The fourth-order valence-corrected chi connectivity index (χ4v) is 3.04. The second-order valence-corrected chi connectivity index (χ2v) is 7.34. The molecule has 0 saturated carbocycles. The van der Waals surface area contributed by atoms with Crippen LogP contribution in [0.25, 0.3) is 0 Å². The molecule has 0 aliphatic carbocycles. The second kappa shape index (κ2) is 8.84. The number of phenols is 2. The Morgan fingerprint density at radius 2 is 1.35 bits per heavy atom.